The molecule has 0 aliphatic rings. The van der Waals surface area contributed by atoms with Crippen LogP contribution in [0.1, 0.15) is 45.7 Å². The highest BCUT2D eigenvalue weighted by Crippen LogP contribution is 2.20. The highest BCUT2D eigenvalue weighted by molar-refractivity contribution is 5.74. The molecular weight excluding hydrogens is 280 g/mol. The van der Waals surface area contributed by atoms with Crippen LogP contribution in [0.25, 0.3) is 0 Å². The van der Waals surface area contributed by atoms with Gasteiger partial charge in [-0.25, -0.2) is 4.79 Å². The second kappa shape index (κ2) is 8.63. The fourth-order valence-corrected chi connectivity index (χ4v) is 2.08. The van der Waals surface area contributed by atoms with Crippen LogP contribution >= 0.6 is 0 Å². The minimum atomic E-state index is -0.208. The van der Waals surface area contributed by atoms with E-state index >= 15 is 0 Å². The van der Waals surface area contributed by atoms with E-state index in [1.807, 2.05) is 52.0 Å². The Hall–Kier alpha value is -1.75. The standard InChI is InChI=1S/C17H28N2O3/c1-5-22-15-8-6-7-14(11-15)13(2)19-16(21)18-12-17(3,4)9-10-20/h6-8,11,13,20H,5,9-10,12H2,1-4H3,(H2,18,19,21). The van der Waals surface area contributed by atoms with Gasteiger partial charge in [-0.1, -0.05) is 26.0 Å². The van der Waals surface area contributed by atoms with Gasteiger partial charge in [0, 0.05) is 13.2 Å². The summed E-state index contributed by atoms with van der Waals surface area (Å²) in [5.41, 5.74) is 0.875. The smallest absolute Gasteiger partial charge is 0.315 e. The van der Waals surface area contributed by atoms with Crippen molar-refractivity contribution < 1.29 is 14.6 Å². The normalized spacial score (nSPS) is 12.6. The van der Waals surface area contributed by atoms with Crippen LogP contribution in [0.5, 0.6) is 5.75 Å². The summed E-state index contributed by atoms with van der Waals surface area (Å²) in [6.07, 6.45) is 0.652. The summed E-state index contributed by atoms with van der Waals surface area (Å²) >= 11 is 0. The van der Waals surface area contributed by atoms with Gasteiger partial charge >= 0.3 is 6.03 Å². The number of urea groups is 1. The number of aliphatic hydroxyl groups excluding tert-OH is 1. The molecular formula is C17H28N2O3. The summed E-state index contributed by atoms with van der Waals surface area (Å²) in [5, 5.41) is 14.8. The summed E-state index contributed by atoms with van der Waals surface area (Å²) in [6, 6.07) is 7.40. The van der Waals surface area contributed by atoms with E-state index in [9.17, 15) is 4.79 Å². The zero-order chi connectivity index (χ0) is 16.6. The van der Waals surface area contributed by atoms with Gasteiger partial charge in [0.1, 0.15) is 5.75 Å². The maximum Gasteiger partial charge on any atom is 0.315 e. The zero-order valence-electron chi connectivity index (χ0n) is 14.0. The molecule has 1 unspecified atom stereocenters. The molecule has 0 fully saturated rings. The maximum atomic E-state index is 12.0. The summed E-state index contributed by atoms with van der Waals surface area (Å²) in [5.74, 6) is 0.804. The van der Waals surface area contributed by atoms with Crippen LogP contribution in [0.3, 0.4) is 0 Å². The van der Waals surface area contributed by atoms with Gasteiger partial charge in [0.15, 0.2) is 0 Å². The lowest BCUT2D eigenvalue weighted by atomic mass is 9.90. The number of amides is 2. The Labute approximate surface area is 133 Å². The van der Waals surface area contributed by atoms with E-state index in [4.69, 9.17) is 9.84 Å². The van der Waals surface area contributed by atoms with E-state index in [0.29, 0.717) is 19.6 Å². The molecule has 1 rings (SSSR count). The summed E-state index contributed by atoms with van der Waals surface area (Å²) < 4.78 is 5.47. The number of aliphatic hydroxyl groups is 1. The Kier molecular flexibility index (Phi) is 7.18. The minimum absolute atomic E-state index is 0.110. The number of nitrogens with one attached hydrogen (secondary N) is 2. The third kappa shape index (κ3) is 6.35. The Morgan fingerprint density at radius 3 is 2.77 bits per heavy atom. The third-order valence-electron chi connectivity index (χ3n) is 3.53. The molecule has 3 N–H and O–H groups in total. The third-order valence-corrected chi connectivity index (χ3v) is 3.53. The molecule has 5 nitrogen and oxygen atoms in total. The zero-order valence-corrected chi connectivity index (χ0v) is 14.0. The Morgan fingerprint density at radius 1 is 1.41 bits per heavy atom. The van der Waals surface area contributed by atoms with Crippen LogP contribution in [0, 0.1) is 5.41 Å². The lowest BCUT2D eigenvalue weighted by Crippen LogP contribution is -2.41. The molecule has 1 atom stereocenters. The molecule has 0 aromatic heterocycles. The molecule has 1 aromatic rings. The van der Waals surface area contributed by atoms with Crippen molar-refractivity contribution in [2.75, 3.05) is 19.8 Å². The molecule has 0 heterocycles. The van der Waals surface area contributed by atoms with Gasteiger partial charge in [-0.15, -0.1) is 0 Å². The fraction of sp³-hybridized carbons (Fsp3) is 0.588. The number of hydrogen-bond donors (Lipinski definition) is 3. The van der Waals surface area contributed by atoms with E-state index in [1.165, 1.54) is 0 Å². The van der Waals surface area contributed by atoms with Crippen LogP contribution < -0.4 is 15.4 Å². The van der Waals surface area contributed by atoms with Crippen molar-refractivity contribution in [1.82, 2.24) is 10.6 Å². The number of carbonyl (C=O) groups is 1. The molecule has 124 valence electrons. The molecule has 0 radical (unpaired) electrons. The van der Waals surface area contributed by atoms with Crippen molar-refractivity contribution in [2.24, 2.45) is 5.41 Å². The number of benzene rings is 1. The van der Waals surface area contributed by atoms with E-state index < -0.39 is 0 Å². The number of carbonyl (C=O) groups excluding carboxylic acids is 1. The first-order valence-electron chi connectivity index (χ1n) is 7.76. The van der Waals surface area contributed by atoms with E-state index in [2.05, 4.69) is 10.6 Å². The molecule has 1 aromatic carbocycles. The quantitative estimate of drug-likeness (QED) is 0.691. The molecule has 0 bridgehead atoms. The van der Waals surface area contributed by atoms with Crippen molar-refractivity contribution >= 4 is 6.03 Å². The fourth-order valence-electron chi connectivity index (χ4n) is 2.08. The molecule has 0 spiro atoms. The Bertz CT molecular complexity index is 475. The van der Waals surface area contributed by atoms with Gasteiger partial charge in [0.25, 0.3) is 0 Å². The molecule has 5 heteroatoms. The second-order valence-electron chi connectivity index (χ2n) is 6.19. The first-order chi connectivity index (χ1) is 10.4. The van der Waals surface area contributed by atoms with Crippen molar-refractivity contribution in [1.29, 1.82) is 0 Å². The first-order valence-corrected chi connectivity index (χ1v) is 7.76. The van der Waals surface area contributed by atoms with Gasteiger partial charge in [0.2, 0.25) is 0 Å². The van der Waals surface area contributed by atoms with Crippen LogP contribution in [0.15, 0.2) is 24.3 Å². The summed E-state index contributed by atoms with van der Waals surface area (Å²) in [6.45, 7) is 9.16. The van der Waals surface area contributed by atoms with Gasteiger partial charge in [-0.2, -0.15) is 0 Å². The topological polar surface area (TPSA) is 70.6 Å². The van der Waals surface area contributed by atoms with Crippen LogP contribution in [-0.2, 0) is 0 Å². The van der Waals surface area contributed by atoms with Gasteiger partial charge in [-0.05, 0) is 43.4 Å². The predicted octanol–water partition coefficient (Wildman–Crippen LogP) is 2.85. The van der Waals surface area contributed by atoms with Gasteiger partial charge in [0.05, 0.1) is 12.6 Å². The summed E-state index contributed by atoms with van der Waals surface area (Å²) in [7, 11) is 0. The molecule has 22 heavy (non-hydrogen) atoms. The highest BCUT2D eigenvalue weighted by Gasteiger charge is 2.18. The molecule has 0 saturated heterocycles. The Balaban J connectivity index is 2.52. The Morgan fingerprint density at radius 2 is 2.14 bits per heavy atom. The highest BCUT2D eigenvalue weighted by atomic mass is 16.5. The number of rotatable bonds is 8. The van der Waals surface area contributed by atoms with Crippen molar-refractivity contribution in [2.45, 2.75) is 40.2 Å². The lowest BCUT2D eigenvalue weighted by molar-refractivity contribution is 0.200. The average Bonchev–Trinajstić information content (AvgIpc) is 2.46. The van der Waals surface area contributed by atoms with Crippen LogP contribution in [-0.4, -0.2) is 30.9 Å². The van der Waals surface area contributed by atoms with E-state index in [-0.39, 0.29) is 24.1 Å². The number of ether oxygens (including phenoxy) is 1. The number of hydrogen-bond acceptors (Lipinski definition) is 3. The molecule has 2 amide bonds. The van der Waals surface area contributed by atoms with Crippen molar-refractivity contribution in [3.63, 3.8) is 0 Å². The van der Waals surface area contributed by atoms with E-state index in [1.54, 1.807) is 0 Å². The average molecular weight is 308 g/mol. The van der Waals surface area contributed by atoms with Crippen molar-refractivity contribution in [3.05, 3.63) is 29.8 Å². The maximum absolute atomic E-state index is 12.0. The predicted molar refractivity (Wildman–Crippen MR) is 88.0 cm³/mol. The SMILES string of the molecule is CCOc1cccc(C(C)NC(=O)NCC(C)(C)CCO)c1. The second-order valence-corrected chi connectivity index (χ2v) is 6.19. The van der Waals surface area contributed by atoms with Crippen molar-refractivity contribution in [3.8, 4) is 5.75 Å². The van der Waals surface area contributed by atoms with Crippen LogP contribution in [0.2, 0.25) is 0 Å². The lowest BCUT2D eigenvalue weighted by Gasteiger charge is -2.24. The van der Waals surface area contributed by atoms with Gasteiger partial charge in [-0.3, -0.25) is 0 Å². The minimum Gasteiger partial charge on any atom is -0.494 e. The van der Waals surface area contributed by atoms with Gasteiger partial charge < -0.3 is 20.5 Å². The first kappa shape index (κ1) is 18.3. The van der Waals surface area contributed by atoms with Crippen LogP contribution in [0.4, 0.5) is 4.79 Å². The summed E-state index contributed by atoms with van der Waals surface area (Å²) in [4.78, 5) is 12.0. The molecule has 0 aliphatic heterocycles. The largest absolute Gasteiger partial charge is 0.494 e. The monoisotopic (exact) mass is 308 g/mol. The molecule has 0 saturated carbocycles. The molecule has 0 aliphatic carbocycles. The van der Waals surface area contributed by atoms with E-state index in [0.717, 1.165) is 11.3 Å².